The van der Waals surface area contributed by atoms with Crippen LogP contribution in [0.25, 0.3) is 0 Å². The van der Waals surface area contributed by atoms with Gasteiger partial charge in [-0.15, -0.1) is 11.8 Å². The second kappa shape index (κ2) is 12.9. The Labute approximate surface area is 226 Å². The zero-order valence-corrected chi connectivity index (χ0v) is 22.1. The Morgan fingerprint density at radius 2 is 1.74 bits per heavy atom. The largest absolute Gasteiger partial charge is 0.478 e. The van der Waals surface area contributed by atoms with Crippen LogP contribution in [0, 0.1) is 5.92 Å². The molecule has 0 aromatic heterocycles. The minimum absolute atomic E-state index is 0.0409. The molecule has 0 radical (unpaired) electrons. The lowest BCUT2D eigenvalue weighted by atomic mass is 9.91. The highest BCUT2D eigenvalue weighted by atomic mass is 32.2. The van der Waals surface area contributed by atoms with Crippen molar-refractivity contribution < 1.29 is 29.3 Å². The SMILES string of the molecule is CCNC(=O)Nc1cccc(C2OC(CSc3ccccc3C(=O)O)C(C)C(c3ccc(CO)cc3)O2)c1. The number of carbonyl (C=O) groups excluding carboxylic acids is 1. The van der Waals surface area contributed by atoms with E-state index in [1.54, 1.807) is 24.3 Å². The van der Waals surface area contributed by atoms with E-state index >= 15 is 0 Å². The molecule has 3 aromatic rings. The third kappa shape index (κ3) is 6.73. The number of thioether (sulfide) groups is 1. The number of amides is 2. The van der Waals surface area contributed by atoms with Gasteiger partial charge in [0.05, 0.1) is 24.4 Å². The maximum Gasteiger partial charge on any atom is 0.336 e. The predicted molar refractivity (Wildman–Crippen MR) is 146 cm³/mol. The van der Waals surface area contributed by atoms with Crippen LogP contribution < -0.4 is 10.6 Å². The molecule has 2 amide bonds. The Kier molecular flexibility index (Phi) is 9.41. The summed E-state index contributed by atoms with van der Waals surface area (Å²) < 4.78 is 12.9. The molecule has 4 unspecified atom stereocenters. The molecule has 3 aromatic carbocycles. The molecule has 0 saturated carbocycles. The Morgan fingerprint density at radius 3 is 2.45 bits per heavy atom. The van der Waals surface area contributed by atoms with Gasteiger partial charge in [-0.25, -0.2) is 9.59 Å². The predicted octanol–water partition coefficient (Wildman–Crippen LogP) is 5.60. The van der Waals surface area contributed by atoms with Crippen molar-refractivity contribution in [1.29, 1.82) is 0 Å². The highest BCUT2D eigenvalue weighted by Crippen LogP contribution is 2.43. The standard InChI is InChI=1S/C29H32N2O6S/c1-3-30-29(35)31-22-8-6-7-21(15-22)28-36-24(17-38-25-10-5-4-9-23(25)27(33)34)18(2)26(37-28)20-13-11-19(16-32)12-14-20/h4-15,18,24,26,28,32H,3,16-17H2,1-2H3,(H,33,34)(H2,30,31,35). The topological polar surface area (TPSA) is 117 Å². The van der Waals surface area contributed by atoms with Crippen LogP contribution in [-0.4, -0.2) is 40.6 Å². The van der Waals surface area contributed by atoms with Gasteiger partial charge in [-0.1, -0.05) is 55.5 Å². The van der Waals surface area contributed by atoms with Crippen molar-refractivity contribution in [3.8, 4) is 0 Å². The van der Waals surface area contributed by atoms with Crippen LogP contribution in [0.3, 0.4) is 0 Å². The Hall–Kier alpha value is -3.37. The summed E-state index contributed by atoms with van der Waals surface area (Å²) in [5, 5.41) is 24.6. The first kappa shape index (κ1) is 27.7. The number of rotatable bonds is 9. The summed E-state index contributed by atoms with van der Waals surface area (Å²) in [7, 11) is 0. The molecule has 0 bridgehead atoms. The first-order valence-corrected chi connectivity index (χ1v) is 13.5. The van der Waals surface area contributed by atoms with Gasteiger partial charge in [0.15, 0.2) is 6.29 Å². The number of aliphatic hydroxyl groups excluding tert-OH is 1. The third-order valence-corrected chi connectivity index (χ3v) is 7.56. The molecule has 1 aliphatic rings. The van der Waals surface area contributed by atoms with Gasteiger partial charge in [-0.3, -0.25) is 0 Å². The molecule has 9 heteroatoms. The van der Waals surface area contributed by atoms with E-state index in [1.165, 1.54) is 11.8 Å². The fraction of sp³-hybridized carbons (Fsp3) is 0.310. The van der Waals surface area contributed by atoms with Crippen molar-refractivity contribution in [2.24, 2.45) is 5.92 Å². The van der Waals surface area contributed by atoms with Gasteiger partial charge >= 0.3 is 12.0 Å². The number of carboxylic acid groups (broad SMARTS) is 1. The molecular formula is C29H32N2O6S. The molecule has 4 rings (SSSR count). The van der Waals surface area contributed by atoms with Gasteiger partial charge in [-0.05, 0) is 42.3 Å². The second-order valence-corrected chi connectivity index (χ2v) is 10.1. The van der Waals surface area contributed by atoms with Crippen molar-refractivity contribution >= 4 is 29.4 Å². The summed E-state index contributed by atoms with van der Waals surface area (Å²) in [6, 6.07) is 21.6. The monoisotopic (exact) mass is 536 g/mol. The zero-order chi connectivity index (χ0) is 27.1. The molecule has 4 atom stereocenters. The first-order valence-electron chi connectivity index (χ1n) is 12.5. The number of aliphatic hydroxyl groups is 1. The maximum absolute atomic E-state index is 12.0. The van der Waals surface area contributed by atoms with Gasteiger partial charge in [0.2, 0.25) is 0 Å². The van der Waals surface area contributed by atoms with Gasteiger partial charge in [-0.2, -0.15) is 0 Å². The van der Waals surface area contributed by atoms with Crippen LogP contribution in [0.5, 0.6) is 0 Å². The molecule has 1 aliphatic heterocycles. The summed E-state index contributed by atoms with van der Waals surface area (Å²) in [6.07, 6.45) is -1.27. The molecule has 200 valence electrons. The Morgan fingerprint density at radius 1 is 0.974 bits per heavy atom. The fourth-order valence-electron chi connectivity index (χ4n) is 4.35. The highest BCUT2D eigenvalue weighted by molar-refractivity contribution is 7.99. The first-order chi connectivity index (χ1) is 18.4. The van der Waals surface area contributed by atoms with E-state index in [1.807, 2.05) is 55.5 Å². The van der Waals surface area contributed by atoms with Gasteiger partial charge in [0.25, 0.3) is 0 Å². The number of carboxylic acids is 1. The van der Waals surface area contributed by atoms with Crippen molar-refractivity contribution in [3.63, 3.8) is 0 Å². The van der Waals surface area contributed by atoms with E-state index in [4.69, 9.17) is 9.47 Å². The summed E-state index contributed by atoms with van der Waals surface area (Å²) in [5.41, 5.74) is 3.40. The summed E-state index contributed by atoms with van der Waals surface area (Å²) in [6.45, 7) is 4.38. The van der Waals surface area contributed by atoms with E-state index < -0.39 is 12.3 Å². The number of carbonyl (C=O) groups is 2. The number of urea groups is 1. The van der Waals surface area contributed by atoms with Crippen LogP contribution in [0.15, 0.2) is 77.7 Å². The summed E-state index contributed by atoms with van der Waals surface area (Å²) >= 11 is 1.44. The van der Waals surface area contributed by atoms with Crippen LogP contribution in [0.2, 0.25) is 0 Å². The fourth-order valence-corrected chi connectivity index (χ4v) is 5.56. The van der Waals surface area contributed by atoms with Gasteiger partial charge in [0, 0.05) is 34.4 Å². The number of hydrogen-bond acceptors (Lipinski definition) is 6. The van der Waals surface area contributed by atoms with Gasteiger partial charge in [0.1, 0.15) is 0 Å². The lowest BCUT2D eigenvalue weighted by molar-refractivity contribution is -0.268. The van der Waals surface area contributed by atoms with Crippen molar-refractivity contribution in [2.45, 2.75) is 43.8 Å². The molecule has 8 nitrogen and oxygen atoms in total. The lowest BCUT2D eigenvalue weighted by Gasteiger charge is -2.41. The molecule has 1 fully saturated rings. The molecule has 0 aliphatic carbocycles. The summed E-state index contributed by atoms with van der Waals surface area (Å²) in [4.78, 5) is 24.4. The van der Waals surface area contributed by atoms with Crippen molar-refractivity contribution in [1.82, 2.24) is 5.32 Å². The molecule has 0 spiro atoms. The molecule has 1 heterocycles. The molecule has 38 heavy (non-hydrogen) atoms. The maximum atomic E-state index is 12.0. The van der Waals surface area contributed by atoms with E-state index in [-0.39, 0.29) is 36.3 Å². The minimum atomic E-state index is -0.967. The van der Waals surface area contributed by atoms with Crippen LogP contribution in [-0.2, 0) is 16.1 Å². The third-order valence-electron chi connectivity index (χ3n) is 6.40. The summed E-state index contributed by atoms with van der Waals surface area (Å²) in [5.74, 6) is -0.495. The lowest BCUT2D eigenvalue weighted by Crippen LogP contribution is -2.38. The minimum Gasteiger partial charge on any atom is -0.478 e. The second-order valence-electron chi connectivity index (χ2n) is 9.04. The Balaban J connectivity index is 1.60. The smallest absolute Gasteiger partial charge is 0.336 e. The number of hydrogen-bond donors (Lipinski definition) is 4. The Bertz CT molecular complexity index is 1250. The number of anilines is 1. The van der Waals surface area contributed by atoms with E-state index in [0.29, 0.717) is 22.9 Å². The average molecular weight is 537 g/mol. The van der Waals surface area contributed by atoms with E-state index in [2.05, 4.69) is 17.6 Å². The quantitative estimate of drug-likeness (QED) is 0.263. The number of nitrogens with one attached hydrogen (secondary N) is 2. The number of aromatic carboxylic acids is 1. The molecule has 4 N–H and O–H groups in total. The van der Waals surface area contributed by atoms with Crippen LogP contribution in [0.4, 0.5) is 10.5 Å². The number of benzene rings is 3. The van der Waals surface area contributed by atoms with E-state index in [0.717, 1.165) is 16.7 Å². The van der Waals surface area contributed by atoms with Crippen molar-refractivity contribution in [3.05, 3.63) is 95.1 Å². The molecular weight excluding hydrogens is 504 g/mol. The average Bonchev–Trinajstić information content (AvgIpc) is 2.93. The number of ether oxygens (including phenoxy) is 2. The van der Waals surface area contributed by atoms with E-state index in [9.17, 15) is 19.8 Å². The van der Waals surface area contributed by atoms with Crippen LogP contribution >= 0.6 is 11.8 Å². The van der Waals surface area contributed by atoms with Crippen molar-refractivity contribution in [2.75, 3.05) is 17.6 Å². The van der Waals surface area contributed by atoms with Gasteiger partial charge < -0.3 is 30.3 Å². The zero-order valence-electron chi connectivity index (χ0n) is 21.3. The molecule has 1 saturated heterocycles. The normalized spacial score (nSPS) is 21.0. The van der Waals surface area contributed by atoms with Crippen LogP contribution in [0.1, 0.15) is 53.3 Å². The highest BCUT2D eigenvalue weighted by Gasteiger charge is 2.38.